The highest BCUT2D eigenvalue weighted by molar-refractivity contribution is 5.94. The number of hydrogen-bond acceptors (Lipinski definition) is 3. The van der Waals surface area contributed by atoms with Crippen LogP contribution < -0.4 is 0 Å². The lowest BCUT2D eigenvalue weighted by Gasteiger charge is -2.59. The molecule has 160 valence electrons. The van der Waals surface area contributed by atoms with Crippen LogP contribution in [0.3, 0.4) is 0 Å². The Morgan fingerprint density at radius 1 is 1.31 bits per heavy atom. The molecule has 0 aromatic rings. The Morgan fingerprint density at radius 3 is 2.76 bits per heavy atom. The van der Waals surface area contributed by atoms with E-state index in [1.807, 2.05) is 0 Å². The fourth-order valence-corrected chi connectivity index (χ4v) is 6.79. The molecular weight excluding hydrogens is 360 g/mol. The smallest absolute Gasteiger partial charge is 0.158 e. The molecular formula is C26H38O3. The molecule has 4 rings (SSSR count). The molecule has 6 atom stereocenters. The van der Waals surface area contributed by atoms with Crippen LogP contribution in [0, 0.1) is 22.7 Å². The van der Waals surface area contributed by atoms with E-state index in [4.69, 9.17) is 4.74 Å². The van der Waals surface area contributed by atoms with Crippen LogP contribution in [0.15, 0.2) is 35.5 Å². The lowest BCUT2D eigenvalue weighted by molar-refractivity contribution is -0.115. The van der Waals surface area contributed by atoms with Gasteiger partial charge in [-0.3, -0.25) is 4.79 Å². The summed E-state index contributed by atoms with van der Waals surface area (Å²) in [5.74, 6) is 1.50. The van der Waals surface area contributed by atoms with Gasteiger partial charge in [-0.15, -0.1) is 0 Å². The summed E-state index contributed by atoms with van der Waals surface area (Å²) in [6.45, 7) is 12.6. The number of aliphatic hydroxyl groups excluding tert-OH is 1. The van der Waals surface area contributed by atoms with Gasteiger partial charge in [0.05, 0.1) is 18.8 Å². The third-order valence-electron chi connectivity index (χ3n) is 9.12. The molecule has 0 spiro atoms. The molecule has 0 bridgehead atoms. The van der Waals surface area contributed by atoms with Crippen LogP contribution in [0.5, 0.6) is 0 Å². The number of carbonyl (C=O) groups excluding carboxylic acids is 1. The van der Waals surface area contributed by atoms with E-state index in [-0.39, 0.29) is 18.3 Å². The van der Waals surface area contributed by atoms with Gasteiger partial charge in [0.25, 0.3) is 0 Å². The van der Waals surface area contributed by atoms with Crippen LogP contribution >= 0.6 is 0 Å². The number of fused-ring (bicyclic) bond motifs is 1. The fraction of sp³-hybridized carbons (Fsp3) is 0.731. The second-order valence-electron chi connectivity index (χ2n) is 10.6. The average molecular weight is 399 g/mol. The Hall–Kier alpha value is -1.19. The first kappa shape index (κ1) is 21.1. The Labute approximate surface area is 176 Å². The predicted molar refractivity (Wildman–Crippen MR) is 116 cm³/mol. The van der Waals surface area contributed by atoms with E-state index in [1.54, 1.807) is 6.08 Å². The molecule has 4 aliphatic rings. The summed E-state index contributed by atoms with van der Waals surface area (Å²) in [5.41, 5.74) is 4.32. The molecule has 29 heavy (non-hydrogen) atoms. The topological polar surface area (TPSA) is 46.5 Å². The average Bonchev–Trinajstić information content (AvgIpc) is 3.04. The second-order valence-corrected chi connectivity index (χ2v) is 10.6. The number of allylic oxidation sites excluding steroid dienone is 2. The molecule has 1 aliphatic heterocycles. The summed E-state index contributed by atoms with van der Waals surface area (Å²) in [4.78, 5) is 11.6. The molecule has 2 fully saturated rings. The zero-order chi connectivity index (χ0) is 20.8. The summed E-state index contributed by atoms with van der Waals surface area (Å²) >= 11 is 0. The zero-order valence-electron chi connectivity index (χ0n) is 18.5. The number of ether oxygens (including phenoxy) is 1. The molecule has 0 unspecified atom stereocenters. The van der Waals surface area contributed by atoms with Crippen molar-refractivity contribution in [3.63, 3.8) is 0 Å². The Kier molecular flexibility index (Phi) is 5.67. The van der Waals surface area contributed by atoms with Gasteiger partial charge in [-0.05, 0) is 91.3 Å². The van der Waals surface area contributed by atoms with Crippen molar-refractivity contribution < 1.29 is 14.6 Å². The molecule has 2 saturated carbocycles. The molecule has 1 heterocycles. The van der Waals surface area contributed by atoms with Gasteiger partial charge in [0.15, 0.2) is 5.78 Å². The third kappa shape index (κ3) is 3.70. The van der Waals surface area contributed by atoms with E-state index >= 15 is 0 Å². The number of ketones is 1. The molecule has 0 saturated heterocycles. The first-order valence-electron chi connectivity index (χ1n) is 11.6. The number of aliphatic hydroxyl groups is 1. The van der Waals surface area contributed by atoms with Gasteiger partial charge in [0.1, 0.15) is 0 Å². The summed E-state index contributed by atoms with van der Waals surface area (Å²) < 4.78 is 6.07. The summed E-state index contributed by atoms with van der Waals surface area (Å²) in [6.07, 6.45) is 12.9. The molecule has 3 nitrogen and oxygen atoms in total. The van der Waals surface area contributed by atoms with Crippen molar-refractivity contribution in [1.82, 2.24) is 0 Å². The van der Waals surface area contributed by atoms with Crippen LogP contribution in [-0.2, 0) is 9.53 Å². The second kappa shape index (κ2) is 7.81. The highest BCUT2D eigenvalue weighted by atomic mass is 16.5. The Bertz CT molecular complexity index is 747. The minimum absolute atomic E-state index is 0.0159. The zero-order valence-corrected chi connectivity index (χ0v) is 18.5. The molecule has 1 N–H and O–H groups in total. The van der Waals surface area contributed by atoms with E-state index in [0.29, 0.717) is 17.4 Å². The van der Waals surface area contributed by atoms with E-state index in [0.717, 1.165) is 30.3 Å². The lowest BCUT2D eigenvalue weighted by atomic mass is 9.46. The monoisotopic (exact) mass is 398 g/mol. The van der Waals surface area contributed by atoms with Crippen molar-refractivity contribution in [2.24, 2.45) is 22.7 Å². The largest absolute Gasteiger partial charge is 0.388 e. The highest BCUT2D eigenvalue weighted by Gasteiger charge is 2.53. The third-order valence-corrected chi connectivity index (χ3v) is 9.12. The Morgan fingerprint density at radius 2 is 2.10 bits per heavy atom. The van der Waals surface area contributed by atoms with Gasteiger partial charge in [-0.1, -0.05) is 39.0 Å². The van der Waals surface area contributed by atoms with Crippen molar-refractivity contribution >= 4 is 5.78 Å². The maximum Gasteiger partial charge on any atom is 0.158 e. The SMILES string of the molecule is C=C1CCC[C@@H]2[C@@](C)(CCC3=CC[C@H](C4=CC(=O)C[C@H]4O)OC3)[C@@H](C)CC[C@@]12C. The lowest BCUT2D eigenvalue weighted by Crippen LogP contribution is -2.50. The van der Waals surface area contributed by atoms with Crippen molar-refractivity contribution in [2.75, 3.05) is 6.61 Å². The minimum Gasteiger partial charge on any atom is -0.388 e. The van der Waals surface area contributed by atoms with Gasteiger partial charge in [-0.2, -0.15) is 0 Å². The maximum atomic E-state index is 11.6. The van der Waals surface area contributed by atoms with Gasteiger partial charge in [0, 0.05) is 6.42 Å². The molecule has 0 aromatic carbocycles. The fourth-order valence-electron chi connectivity index (χ4n) is 6.79. The van der Waals surface area contributed by atoms with Crippen molar-refractivity contribution in [3.05, 3.63) is 35.5 Å². The van der Waals surface area contributed by atoms with E-state index in [2.05, 4.69) is 33.4 Å². The summed E-state index contributed by atoms with van der Waals surface area (Å²) in [6, 6.07) is 0. The van der Waals surface area contributed by atoms with Crippen molar-refractivity contribution in [2.45, 2.75) is 90.8 Å². The van der Waals surface area contributed by atoms with Crippen LogP contribution in [0.4, 0.5) is 0 Å². The normalized spacial score (nSPS) is 43.0. The van der Waals surface area contributed by atoms with Gasteiger partial charge >= 0.3 is 0 Å². The highest BCUT2D eigenvalue weighted by Crippen LogP contribution is 2.62. The molecule has 0 aromatic heterocycles. The van der Waals surface area contributed by atoms with Crippen molar-refractivity contribution in [1.29, 1.82) is 0 Å². The van der Waals surface area contributed by atoms with Crippen LogP contribution in [0.1, 0.15) is 78.6 Å². The number of hydrogen-bond donors (Lipinski definition) is 1. The minimum atomic E-state index is -0.651. The molecule has 0 amide bonds. The quantitative estimate of drug-likeness (QED) is 0.632. The van der Waals surface area contributed by atoms with Crippen LogP contribution in [-0.4, -0.2) is 29.7 Å². The number of rotatable bonds is 4. The van der Waals surface area contributed by atoms with Crippen LogP contribution in [0.25, 0.3) is 0 Å². The standard InChI is InChI=1S/C26H38O3/c1-17-6-5-7-24-25(17,3)12-10-18(2)26(24,4)13-11-19-8-9-23(29-16-19)21-14-20(27)15-22(21)28/h8,14,18,22-24,28H,1,5-7,9-13,15-16H2,2-4H3/t18-,22+,23+,24-,25-,26-/m0/s1. The van der Waals surface area contributed by atoms with Gasteiger partial charge < -0.3 is 9.84 Å². The van der Waals surface area contributed by atoms with Gasteiger partial charge in [0.2, 0.25) is 0 Å². The predicted octanol–water partition coefficient (Wildman–Crippen LogP) is 5.54. The van der Waals surface area contributed by atoms with E-state index < -0.39 is 6.10 Å². The van der Waals surface area contributed by atoms with Gasteiger partial charge in [-0.25, -0.2) is 0 Å². The number of carbonyl (C=O) groups is 1. The first-order valence-corrected chi connectivity index (χ1v) is 11.6. The van der Waals surface area contributed by atoms with Crippen LogP contribution in [0.2, 0.25) is 0 Å². The van der Waals surface area contributed by atoms with Crippen molar-refractivity contribution in [3.8, 4) is 0 Å². The summed E-state index contributed by atoms with van der Waals surface area (Å²) in [5, 5.41) is 10.1. The Balaban J connectivity index is 1.42. The first-order chi connectivity index (χ1) is 13.7. The molecule has 0 radical (unpaired) electrons. The molecule has 3 heteroatoms. The maximum absolute atomic E-state index is 11.6. The van der Waals surface area contributed by atoms with E-state index in [9.17, 15) is 9.90 Å². The molecule has 3 aliphatic carbocycles. The van der Waals surface area contributed by atoms with E-state index in [1.165, 1.54) is 49.7 Å². The summed E-state index contributed by atoms with van der Waals surface area (Å²) in [7, 11) is 0.